The number of phosphoric acid groups is 1. The molecule has 0 aromatic rings. The van der Waals surface area contributed by atoms with Gasteiger partial charge in [-0.3, -0.25) is 13.8 Å². The molecule has 6 unspecified atom stereocenters. The standard InChI is InChI=1S/C64H127O12P/c1-3-5-7-9-11-13-15-17-19-21-22-23-24-25-26-27-28-29-30-31-32-33-34-35-36-37-38-39-41-43-45-47-49-51-53-58(65)75-57(56-74-77(71,72)76-64-62(69)60(67)59(66)61(68)63(64)70)55-73-54-52-50-48-46-44-42-40-20-18-16-14-12-10-8-6-4-2/h57,59-64,66-70H,3-56H2,1-2H3,(H,71,72)/t57-,59?,60-,61?,62?,63?,64?/m1/s1. The Kier molecular flexibility index (Phi) is 52.7. The van der Waals surface area contributed by atoms with Crippen molar-refractivity contribution >= 4 is 13.8 Å². The molecule has 1 aliphatic rings. The number of hydrogen-bond donors (Lipinski definition) is 6. The van der Waals surface area contributed by atoms with Crippen LogP contribution in [-0.2, 0) is 27.9 Å². The highest BCUT2D eigenvalue weighted by atomic mass is 31.2. The Morgan fingerprint density at radius 3 is 0.896 bits per heavy atom. The summed E-state index contributed by atoms with van der Waals surface area (Å²) < 4.78 is 34.5. The van der Waals surface area contributed by atoms with Crippen LogP contribution in [-0.4, -0.2) is 98.9 Å². The van der Waals surface area contributed by atoms with E-state index in [1.54, 1.807) is 0 Å². The van der Waals surface area contributed by atoms with Gasteiger partial charge in [0.15, 0.2) is 0 Å². The van der Waals surface area contributed by atoms with Crippen LogP contribution in [0, 0.1) is 0 Å². The first kappa shape index (κ1) is 74.4. The first-order valence-electron chi connectivity index (χ1n) is 33.4. The summed E-state index contributed by atoms with van der Waals surface area (Å²) >= 11 is 0. The van der Waals surface area contributed by atoms with Crippen molar-refractivity contribution in [3.8, 4) is 0 Å². The topological polar surface area (TPSA) is 192 Å². The van der Waals surface area contributed by atoms with Crippen molar-refractivity contribution in [2.45, 2.75) is 384 Å². The summed E-state index contributed by atoms with van der Waals surface area (Å²) in [5, 5.41) is 50.5. The van der Waals surface area contributed by atoms with Gasteiger partial charge in [0.1, 0.15) is 42.7 Å². The second-order valence-electron chi connectivity index (χ2n) is 23.7. The van der Waals surface area contributed by atoms with Gasteiger partial charge in [0.05, 0.1) is 13.2 Å². The molecule has 0 amide bonds. The molecule has 12 nitrogen and oxygen atoms in total. The highest BCUT2D eigenvalue weighted by Gasteiger charge is 2.51. The van der Waals surface area contributed by atoms with Crippen LogP contribution < -0.4 is 0 Å². The molecule has 0 bridgehead atoms. The Hall–Kier alpha value is -0.660. The Morgan fingerprint density at radius 1 is 0.364 bits per heavy atom. The van der Waals surface area contributed by atoms with Gasteiger partial charge in [-0.05, 0) is 12.8 Å². The molecule has 0 aromatic heterocycles. The normalized spacial score (nSPS) is 19.9. The number of rotatable bonds is 60. The van der Waals surface area contributed by atoms with Gasteiger partial charge in [0.25, 0.3) is 0 Å². The fourth-order valence-electron chi connectivity index (χ4n) is 11.0. The molecule has 77 heavy (non-hydrogen) atoms. The number of aliphatic hydroxyl groups excluding tert-OH is 5. The van der Waals surface area contributed by atoms with Gasteiger partial charge >= 0.3 is 13.8 Å². The van der Waals surface area contributed by atoms with Gasteiger partial charge in [-0.25, -0.2) is 4.57 Å². The lowest BCUT2D eigenvalue weighted by atomic mass is 9.85. The predicted molar refractivity (Wildman–Crippen MR) is 318 cm³/mol. The highest BCUT2D eigenvalue weighted by Crippen LogP contribution is 2.47. The fourth-order valence-corrected chi connectivity index (χ4v) is 12.0. The Morgan fingerprint density at radius 2 is 0.610 bits per heavy atom. The summed E-state index contributed by atoms with van der Waals surface area (Å²) in [5.74, 6) is -0.465. The van der Waals surface area contributed by atoms with Gasteiger partial charge < -0.3 is 39.9 Å². The summed E-state index contributed by atoms with van der Waals surface area (Å²) in [4.78, 5) is 23.4. The summed E-state index contributed by atoms with van der Waals surface area (Å²) in [6.07, 6.45) is 53.6. The number of unbranched alkanes of at least 4 members (excludes halogenated alkanes) is 48. The molecule has 0 aromatic carbocycles. The molecule has 0 radical (unpaired) electrons. The van der Waals surface area contributed by atoms with E-state index in [1.807, 2.05) is 0 Å². The van der Waals surface area contributed by atoms with Gasteiger partial charge in [0, 0.05) is 13.0 Å². The second kappa shape index (κ2) is 54.6. The van der Waals surface area contributed by atoms with E-state index >= 15 is 0 Å². The molecule has 0 aliphatic heterocycles. The lowest BCUT2D eigenvalue weighted by Gasteiger charge is -2.41. The van der Waals surface area contributed by atoms with Crippen LogP contribution in [0.2, 0.25) is 0 Å². The van der Waals surface area contributed by atoms with Crippen LogP contribution in [0.3, 0.4) is 0 Å². The van der Waals surface area contributed by atoms with Crippen molar-refractivity contribution in [1.82, 2.24) is 0 Å². The van der Waals surface area contributed by atoms with E-state index in [0.29, 0.717) is 13.0 Å². The minimum atomic E-state index is -5.02. The van der Waals surface area contributed by atoms with Crippen LogP contribution in [0.5, 0.6) is 0 Å². The summed E-state index contributed by atoms with van der Waals surface area (Å²) in [5.41, 5.74) is 0. The largest absolute Gasteiger partial charge is 0.472 e. The number of phosphoric ester groups is 1. The number of ether oxygens (including phenoxy) is 2. The molecule has 1 aliphatic carbocycles. The fraction of sp³-hybridized carbons (Fsp3) is 0.984. The molecule has 460 valence electrons. The molecular weight excluding hydrogens is 992 g/mol. The van der Waals surface area contributed by atoms with E-state index in [1.165, 1.54) is 276 Å². The maximum Gasteiger partial charge on any atom is 0.472 e. The summed E-state index contributed by atoms with van der Waals surface area (Å²) in [7, 11) is -5.02. The zero-order valence-electron chi connectivity index (χ0n) is 50.3. The van der Waals surface area contributed by atoms with Gasteiger partial charge in [-0.15, -0.1) is 0 Å². The number of hydrogen-bond acceptors (Lipinski definition) is 11. The van der Waals surface area contributed by atoms with Gasteiger partial charge in [0.2, 0.25) is 0 Å². The first-order valence-corrected chi connectivity index (χ1v) is 34.9. The van der Waals surface area contributed by atoms with E-state index in [2.05, 4.69) is 13.8 Å². The maximum absolute atomic E-state index is 12.9. The van der Waals surface area contributed by atoms with Crippen molar-refractivity contribution in [3.63, 3.8) is 0 Å². The van der Waals surface area contributed by atoms with Crippen LogP contribution in [0.25, 0.3) is 0 Å². The molecule has 1 saturated carbocycles. The van der Waals surface area contributed by atoms with E-state index in [4.69, 9.17) is 18.5 Å². The smallest absolute Gasteiger partial charge is 0.457 e. The van der Waals surface area contributed by atoms with Crippen LogP contribution in [0.4, 0.5) is 0 Å². The molecular formula is C64H127O12P. The number of aliphatic hydroxyl groups is 5. The Labute approximate surface area is 474 Å². The number of carbonyl (C=O) groups excluding carboxylic acids is 1. The average Bonchev–Trinajstić information content (AvgIpc) is 3.43. The molecule has 8 atom stereocenters. The van der Waals surface area contributed by atoms with Gasteiger partial charge in [-0.2, -0.15) is 0 Å². The highest BCUT2D eigenvalue weighted by molar-refractivity contribution is 7.47. The molecule has 1 rings (SSSR count). The predicted octanol–water partition coefficient (Wildman–Crippen LogP) is 17.2. The van der Waals surface area contributed by atoms with Crippen molar-refractivity contribution in [2.75, 3.05) is 19.8 Å². The third kappa shape index (κ3) is 45.5. The van der Waals surface area contributed by atoms with E-state index in [0.717, 1.165) is 38.5 Å². The number of esters is 1. The van der Waals surface area contributed by atoms with Crippen LogP contribution >= 0.6 is 7.82 Å². The van der Waals surface area contributed by atoms with Crippen LogP contribution in [0.1, 0.15) is 341 Å². The van der Waals surface area contributed by atoms with Crippen molar-refractivity contribution in [3.05, 3.63) is 0 Å². The average molecular weight is 1120 g/mol. The zero-order valence-corrected chi connectivity index (χ0v) is 51.2. The van der Waals surface area contributed by atoms with Crippen LogP contribution in [0.15, 0.2) is 0 Å². The summed E-state index contributed by atoms with van der Waals surface area (Å²) in [6, 6.07) is 0. The van der Waals surface area contributed by atoms with Gasteiger partial charge in [-0.1, -0.05) is 322 Å². The summed E-state index contributed by atoms with van der Waals surface area (Å²) in [6.45, 7) is 4.35. The SMILES string of the molecule is CCCCCCCCCCCCCCCCCCCCCCCCCCCCCCCCCCCCC(=O)O[C@H](COCCCCCCCCCCCCCCCCCC)COP(=O)(O)OC1C(O)C(O)C(O)[C@@H](O)C1O. The van der Waals surface area contributed by atoms with Crippen molar-refractivity contribution in [2.24, 2.45) is 0 Å². The number of carbonyl (C=O) groups is 1. The molecule has 13 heteroatoms. The van der Waals surface area contributed by atoms with E-state index < -0.39 is 63.1 Å². The maximum atomic E-state index is 12.9. The second-order valence-corrected chi connectivity index (χ2v) is 25.1. The third-order valence-corrected chi connectivity index (χ3v) is 17.2. The van der Waals surface area contributed by atoms with Crippen molar-refractivity contribution < 1.29 is 58.3 Å². The Bertz CT molecular complexity index is 1280. The Balaban J connectivity index is 2.12. The molecule has 1 fully saturated rings. The third-order valence-electron chi connectivity index (χ3n) is 16.2. The van der Waals surface area contributed by atoms with Crippen molar-refractivity contribution in [1.29, 1.82) is 0 Å². The van der Waals surface area contributed by atoms with E-state index in [9.17, 15) is 39.8 Å². The monoisotopic (exact) mass is 1120 g/mol. The molecule has 0 heterocycles. The van der Waals surface area contributed by atoms with E-state index in [-0.39, 0.29) is 13.0 Å². The zero-order chi connectivity index (χ0) is 56.1. The quantitative estimate of drug-likeness (QED) is 0.0192. The lowest BCUT2D eigenvalue weighted by Crippen LogP contribution is -2.64. The molecule has 6 N–H and O–H groups in total. The molecule has 0 spiro atoms. The minimum absolute atomic E-state index is 0.0670. The first-order chi connectivity index (χ1) is 37.5. The minimum Gasteiger partial charge on any atom is -0.457 e. The molecule has 0 saturated heterocycles. The lowest BCUT2D eigenvalue weighted by molar-refractivity contribution is -0.220.